The minimum absolute atomic E-state index is 0.220. The van der Waals surface area contributed by atoms with Crippen LogP contribution in [0.15, 0.2) is 59.8 Å². The number of amides is 1. The number of nitrogens with zero attached hydrogens (tertiary/aromatic N) is 2. The van der Waals surface area contributed by atoms with E-state index in [-0.39, 0.29) is 12.5 Å². The lowest BCUT2D eigenvalue weighted by Gasteiger charge is -2.02. The third kappa shape index (κ3) is 3.59. The molecule has 1 amide bonds. The van der Waals surface area contributed by atoms with Gasteiger partial charge in [0.1, 0.15) is 11.1 Å². The Kier molecular flexibility index (Phi) is 4.84. The number of rotatable bonds is 5. The molecule has 0 atom stereocenters. The van der Waals surface area contributed by atoms with Crippen molar-refractivity contribution in [3.63, 3.8) is 0 Å². The monoisotopic (exact) mass is 335 g/mol. The van der Waals surface area contributed by atoms with E-state index in [1.54, 1.807) is 0 Å². The standard InChI is InChI=1S/C18H13N3O2S/c19-10-15-14-8-4-5-9-16(14)24-18(15)21-17(22)12-23-20-11-13-6-2-1-3-7-13/h1-9,11H,12H2,(H,21,22). The SMILES string of the molecule is N#Cc1c(NC(=O)CON=Cc2ccccc2)sc2ccccc12. The highest BCUT2D eigenvalue weighted by Crippen LogP contribution is 2.34. The van der Waals surface area contributed by atoms with Crippen molar-refractivity contribution in [1.29, 1.82) is 5.26 Å². The number of carbonyl (C=O) groups excluding carboxylic acids is 1. The molecule has 5 nitrogen and oxygen atoms in total. The molecule has 0 aliphatic rings. The lowest BCUT2D eigenvalue weighted by molar-refractivity contribution is -0.120. The number of hydrogen-bond acceptors (Lipinski definition) is 5. The first kappa shape index (κ1) is 15.7. The molecule has 0 spiro atoms. The van der Waals surface area contributed by atoms with Gasteiger partial charge in [-0.3, -0.25) is 4.79 Å². The number of oxime groups is 1. The second-order valence-electron chi connectivity index (χ2n) is 4.88. The number of thiophene rings is 1. The van der Waals surface area contributed by atoms with Gasteiger partial charge in [-0.05, 0) is 11.6 Å². The van der Waals surface area contributed by atoms with Crippen LogP contribution in [-0.4, -0.2) is 18.7 Å². The molecule has 0 saturated heterocycles. The number of anilines is 1. The molecule has 24 heavy (non-hydrogen) atoms. The molecule has 0 radical (unpaired) electrons. The second-order valence-corrected chi connectivity index (χ2v) is 5.93. The van der Waals surface area contributed by atoms with Gasteiger partial charge in [0, 0.05) is 10.1 Å². The lowest BCUT2D eigenvalue weighted by atomic mass is 10.2. The molecule has 1 heterocycles. The zero-order chi connectivity index (χ0) is 16.8. The number of hydrogen-bond donors (Lipinski definition) is 1. The summed E-state index contributed by atoms with van der Waals surface area (Å²) in [5, 5.41) is 17.1. The van der Waals surface area contributed by atoms with Crippen molar-refractivity contribution in [2.75, 3.05) is 11.9 Å². The summed E-state index contributed by atoms with van der Waals surface area (Å²) in [6.45, 7) is -0.220. The van der Waals surface area contributed by atoms with E-state index in [1.165, 1.54) is 17.6 Å². The van der Waals surface area contributed by atoms with Crippen LogP contribution in [0.5, 0.6) is 0 Å². The van der Waals surface area contributed by atoms with Gasteiger partial charge in [0.15, 0.2) is 6.61 Å². The van der Waals surface area contributed by atoms with E-state index in [1.807, 2.05) is 54.6 Å². The molecule has 0 bridgehead atoms. The smallest absolute Gasteiger partial charge is 0.265 e. The number of carbonyl (C=O) groups is 1. The maximum atomic E-state index is 12.0. The molecule has 0 fully saturated rings. The lowest BCUT2D eigenvalue weighted by Crippen LogP contribution is -2.16. The number of nitrogens with one attached hydrogen (secondary N) is 1. The van der Waals surface area contributed by atoms with E-state index < -0.39 is 0 Å². The highest BCUT2D eigenvalue weighted by atomic mass is 32.1. The fourth-order valence-electron chi connectivity index (χ4n) is 2.14. The minimum Gasteiger partial charge on any atom is -0.386 e. The molecule has 6 heteroatoms. The predicted octanol–water partition coefficient (Wildman–Crippen LogP) is 3.76. The van der Waals surface area contributed by atoms with Crippen LogP contribution in [0.1, 0.15) is 11.1 Å². The zero-order valence-electron chi connectivity index (χ0n) is 12.6. The predicted molar refractivity (Wildman–Crippen MR) is 95.2 cm³/mol. The van der Waals surface area contributed by atoms with Crippen LogP contribution >= 0.6 is 11.3 Å². The van der Waals surface area contributed by atoms with Crippen LogP contribution in [0.3, 0.4) is 0 Å². The fourth-order valence-corrected chi connectivity index (χ4v) is 3.21. The van der Waals surface area contributed by atoms with Crippen LogP contribution in [-0.2, 0) is 9.63 Å². The molecule has 0 saturated carbocycles. The minimum atomic E-state index is -0.358. The third-order valence-electron chi connectivity index (χ3n) is 3.23. The van der Waals surface area contributed by atoms with Gasteiger partial charge in [0.2, 0.25) is 0 Å². The summed E-state index contributed by atoms with van der Waals surface area (Å²) in [5.74, 6) is -0.358. The van der Waals surface area contributed by atoms with E-state index in [2.05, 4.69) is 16.5 Å². The molecular weight excluding hydrogens is 322 g/mol. The number of nitriles is 1. The molecule has 0 aliphatic carbocycles. The molecule has 118 valence electrons. The summed E-state index contributed by atoms with van der Waals surface area (Å²) in [6.07, 6.45) is 1.54. The first-order valence-corrected chi connectivity index (χ1v) is 8.01. The van der Waals surface area contributed by atoms with Crippen LogP contribution in [0, 0.1) is 11.3 Å². The zero-order valence-corrected chi connectivity index (χ0v) is 13.4. The second kappa shape index (κ2) is 7.40. The Morgan fingerprint density at radius 2 is 1.96 bits per heavy atom. The van der Waals surface area contributed by atoms with Crippen LogP contribution in [0.25, 0.3) is 10.1 Å². The van der Waals surface area contributed by atoms with Crippen molar-refractivity contribution >= 4 is 38.5 Å². The van der Waals surface area contributed by atoms with E-state index >= 15 is 0 Å². The molecule has 1 aromatic heterocycles. The van der Waals surface area contributed by atoms with Gasteiger partial charge in [0.25, 0.3) is 5.91 Å². The van der Waals surface area contributed by atoms with Crippen molar-refractivity contribution in [3.05, 3.63) is 65.7 Å². The van der Waals surface area contributed by atoms with Gasteiger partial charge in [-0.2, -0.15) is 5.26 Å². The van der Waals surface area contributed by atoms with E-state index in [0.717, 1.165) is 15.6 Å². The van der Waals surface area contributed by atoms with Gasteiger partial charge >= 0.3 is 0 Å². The maximum absolute atomic E-state index is 12.0. The normalized spacial score (nSPS) is 10.6. The maximum Gasteiger partial charge on any atom is 0.265 e. The highest BCUT2D eigenvalue weighted by molar-refractivity contribution is 7.23. The number of fused-ring (bicyclic) bond motifs is 1. The molecular formula is C18H13N3O2S. The van der Waals surface area contributed by atoms with E-state index in [4.69, 9.17) is 4.84 Å². The summed E-state index contributed by atoms with van der Waals surface area (Å²) in [4.78, 5) is 17.0. The quantitative estimate of drug-likeness (QED) is 0.570. The Labute approximate surface area is 142 Å². The summed E-state index contributed by atoms with van der Waals surface area (Å²) >= 11 is 1.36. The largest absolute Gasteiger partial charge is 0.386 e. The highest BCUT2D eigenvalue weighted by Gasteiger charge is 2.14. The van der Waals surface area contributed by atoms with E-state index in [9.17, 15) is 10.1 Å². The molecule has 0 aliphatic heterocycles. The van der Waals surface area contributed by atoms with Crippen molar-refractivity contribution in [1.82, 2.24) is 0 Å². The van der Waals surface area contributed by atoms with Crippen LogP contribution in [0.2, 0.25) is 0 Å². The molecule has 2 aromatic carbocycles. The third-order valence-corrected chi connectivity index (χ3v) is 4.32. The Bertz CT molecular complexity index is 926. The van der Waals surface area contributed by atoms with Gasteiger partial charge in [-0.15, -0.1) is 11.3 Å². The first-order chi connectivity index (χ1) is 11.8. The Balaban J connectivity index is 1.61. The van der Waals surface area contributed by atoms with Crippen molar-refractivity contribution in [2.24, 2.45) is 5.16 Å². The fraction of sp³-hybridized carbons (Fsp3) is 0.0556. The first-order valence-electron chi connectivity index (χ1n) is 7.20. The molecule has 1 N–H and O–H groups in total. The summed E-state index contributed by atoms with van der Waals surface area (Å²) in [5.41, 5.74) is 1.35. The Morgan fingerprint density at radius 3 is 2.75 bits per heavy atom. The Morgan fingerprint density at radius 1 is 1.21 bits per heavy atom. The van der Waals surface area contributed by atoms with Gasteiger partial charge in [0.05, 0.1) is 11.8 Å². The van der Waals surface area contributed by atoms with E-state index in [0.29, 0.717) is 10.6 Å². The Hall–Kier alpha value is -3.17. The summed E-state index contributed by atoms with van der Waals surface area (Å²) in [7, 11) is 0. The van der Waals surface area contributed by atoms with Crippen LogP contribution < -0.4 is 5.32 Å². The van der Waals surface area contributed by atoms with Crippen molar-refractivity contribution in [3.8, 4) is 6.07 Å². The average Bonchev–Trinajstić information content (AvgIpc) is 2.96. The van der Waals surface area contributed by atoms with Gasteiger partial charge in [-0.25, -0.2) is 0 Å². The molecule has 3 rings (SSSR count). The van der Waals surface area contributed by atoms with Gasteiger partial charge < -0.3 is 10.2 Å². The summed E-state index contributed by atoms with van der Waals surface area (Å²) < 4.78 is 0.951. The number of benzene rings is 2. The van der Waals surface area contributed by atoms with Crippen LogP contribution in [0.4, 0.5) is 5.00 Å². The molecule has 0 unspecified atom stereocenters. The average molecular weight is 335 g/mol. The van der Waals surface area contributed by atoms with Gasteiger partial charge in [-0.1, -0.05) is 53.7 Å². The topological polar surface area (TPSA) is 74.5 Å². The molecule has 3 aromatic rings. The van der Waals surface area contributed by atoms with Crippen molar-refractivity contribution < 1.29 is 9.63 Å². The van der Waals surface area contributed by atoms with Crippen molar-refractivity contribution in [2.45, 2.75) is 0 Å². The summed E-state index contributed by atoms with van der Waals surface area (Å²) in [6, 6.07) is 19.1.